The molecule has 2 heterocycles. The van der Waals surface area contributed by atoms with Gasteiger partial charge in [-0.15, -0.1) is 0 Å². The summed E-state index contributed by atoms with van der Waals surface area (Å²) in [5.41, 5.74) is 5.23. The lowest BCUT2D eigenvalue weighted by Crippen LogP contribution is -2.50. The highest BCUT2D eigenvalue weighted by Gasteiger charge is 2.36. The highest BCUT2D eigenvalue weighted by molar-refractivity contribution is 6.00. The average molecular weight is 491 g/mol. The number of hydrogen-bond donors (Lipinski definition) is 3. The number of hydrogen-bond acceptors (Lipinski definition) is 4. The van der Waals surface area contributed by atoms with Gasteiger partial charge in [-0.3, -0.25) is 19.4 Å². The zero-order chi connectivity index (χ0) is 26.0. The summed E-state index contributed by atoms with van der Waals surface area (Å²) in [6, 6.07) is 8.89. The second-order valence-corrected chi connectivity index (χ2v) is 10.8. The highest BCUT2D eigenvalue weighted by atomic mass is 16.2. The molecule has 1 aliphatic rings. The van der Waals surface area contributed by atoms with Gasteiger partial charge in [0.2, 0.25) is 5.91 Å². The third-order valence-electron chi connectivity index (χ3n) is 7.22. The van der Waals surface area contributed by atoms with E-state index >= 15 is 0 Å². The van der Waals surface area contributed by atoms with Crippen molar-refractivity contribution in [1.29, 1.82) is 0 Å². The summed E-state index contributed by atoms with van der Waals surface area (Å²) < 4.78 is 1.69. The van der Waals surface area contributed by atoms with Crippen molar-refractivity contribution in [3.8, 4) is 11.1 Å². The molecule has 0 radical (unpaired) electrons. The number of H-pyrrole nitrogens is 1. The van der Waals surface area contributed by atoms with E-state index in [0.29, 0.717) is 23.2 Å². The number of aryl methyl sites for hydroxylation is 2. The number of anilines is 1. The van der Waals surface area contributed by atoms with Gasteiger partial charge in [-0.2, -0.15) is 10.2 Å². The zero-order valence-electron chi connectivity index (χ0n) is 22.1. The van der Waals surface area contributed by atoms with Crippen molar-refractivity contribution in [1.82, 2.24) is 25.3 Å². The Balaban J connectivity index is 1.55. The predicted molar refractivity (Wildman–Crippen MR) is 142 cm³/mol. The van der Waals surface area contributed by atoms with Gasteiger partial charge in [-0.1, -0.05) is 26.0 Å². The molecule has 3 aromatic rings. The van der Waals surface area contributed by atoms with Crippen LogP contribution in [0.15, 0.2) is 36.5 Å². The number of benzene rings is 1. The third kappa shape index (κ3) is 5.53. The molecule has 0 saturated heterocycles. The Morgan fingerprint density at radius 2 is 1.69 bits per heavy atom. The smallest absolute Gasteiger partial charge is 0.270 e. The van der Waals surface area contributed by atoms with Crippen LogP contribution in [0.4, 0.5) is 5.69 Å². The maximum atomic E-state index is 13.6. The summed E-state index contributed by atoms with van der Waals surface area (Å²) in [7, 11) is 0. The topological polar surface area (TPSA) is 105 Å². The Kier molecular flexibility index (Phi) is 7.62. The van der Waals surface area contributed by atoms with E-state index in [1.54, 1.807) is 16.9 Å². The molecular formula is C28H38N6O2. The first kappa shape index (κ1) is 25.7. The number of nitrogens with zero attached hydrogens (tertiary/aromatic N) is 3. The second-order valence-electron chi connectivity index (χ2n) is 10.8. The first-order chi connectivity index (χ1) is 17.1. The quantitative estimate of drug-likeness (QED) is 0.419. The van der Waals surface area contributed by atoms with Gasteiger partial charge in [-0.25, -0.2) is 0 Å². The summed E-state index contributed by atoms with van der Waals surface area (Å²) in [6.45, 7) is 12.4. The Bertz CT molecular complexity index is 1180. The number of rotatable bonds is 7. The predicted octanol–water partition coefficient (Wildman–Crippen LogP) is 5.28. The molecule has 0 aliphatic heterocycles. The van der Waals surface area contributed by atoms with Crippen LogP contribution in [-0.4, -0.2) is 37.8 Å². The molecule has 36 heavy (non-hydrogen) atoms. The van der Waals surface area contributed by atoms with Crippen molar-refractivity contribution in [2.75, 3.05) is 5.32 Å². The molecule has 1 aliphatic carbocycles. The van der Waals surface area contributed by atoms with Gasteiger partial charge in [0.15, 0.2) is 0 Å². The Morgan fingerprint density at radius 3 is 2.28 bits per heavy atom. The summed E-state index contributed by atoms with van der Waals surface area (Å²) >= 11 is 0. The Hall–Kier alpha value is -3.42. The number of carbonyl (C=O) groups excluding carboxylic acids is 2. The largest absolute Gasteiger partial charge is 0.339 e. The lowest BCUT2D eigenvalue weighted by molar-refractivity contribution is -0.119. The summed E-state index contributed by atoms with van der Waals surface area (Å²) in [4.78, 5) is 26.9. The third-order valence-corrected chi connectivity index (χ3v) is 7.22. The standard InChI is InChI=1S/C28H38N6O2/c1-16(2)34-24(11-12-29-34)27(35)31-26(22-14-17(3)13-18(4)15-22)28(36)30-23-9-7-21(8-10-23)25-19(5)32-33-20(25)6/h7-12,16-18,22,26H,13-15H2,1-6H3,(H,30,36)(H,31,35)(H,32,33)/t17-,18+,22?,26-/m0/s1. The van der Waals surface area contributed by atoms with E-state index in [2.05, 4.69) is 39.8 Å². The summed E-state index contributed by atoms with van der Waals surface area (Å²) in [5, 5.41) is 17.7. The van der Waals surface area contributed by atoms with E-state index in [0.717, 1.165) is 41.8 Å². The van der Waals surface area contributed by atoms with Gasteiger partial charge in [0, 0.05) is 29.2 Å². The van der Waals surface area contributed by atoms with Crippen LogP contribution in [0.3, 0.4) is 0 Å². The minimum atomic E-state index is -0.628. The lowest BCUT2D eigenvalue weighted by Gasteiger charge is -2.36. The fourth-order valence-electron chi connectivity index (χ4n) is 5.72. The first-order valence-electron chi connectivity index (χ1n) is 12.9. The molecule has 1 saturated carbocycles. The number of aromatic nitrogens is 4. The number of carbonyl (C=O) groups is 2. The van der Waals surface area contributed by atoms with Crippen molar-refractivity contribution < 1.29 is 9.59 Å². The van der Waals surface area contributed by atoms with Crippen LogP contribution in [0.5, 0.6) is 0 Å². The molecule has 0 spiro atoms. The second kappa shape index (κ2) is 10.7. The minimum Gasteiger partial charge on any atom is -0.339 e. The molecule has 4 rings (SSSR count). The zero-order valence-corrected chi connectivity index (χ0v) is 22.1. The summed E-state index contributed by atoms with van der Waals surface area (Å²) in [6.07, 6.45) is 4.58. The SMILES string of the molecule is Cc1n[nH]c(C)c1-c1ccc(NC(=O)[C@@H](NC(=O)c2ccnn2C(C)C)C2C[C@@H](C)C[C@@H](C)C2)cc1. The fourth-order valence-corrected chi connectivity index (χ4v) is 5.72. The molecule has 4 atom stereocenters. The minimum absolute atomic E-state index is 0.0452. The molecule has 8 heteroatoms. The van der Waals surface area contributed by atoms with Crippen LogP contribution in [0.25, 0.3) is 11.1 Å². The van der Waals surface area contributed by atoms with Gasteiger partial charge in [-0.05, 0) is 88.5 Å². The van der Waals surface area contributed by atoms with Gasteiger partial charge in [0.05, 0.1) is 5.69 Å². The van der Waals surface area contributed by atoms with Crippen molar-refractivity contribution in [3.05, 3.63) is 53.6 Å². The van der Waals surface area contributed by atoms with Crippen molar-refractivity contribution in [3.63, 3.8) is 0 Å². The molecule has 2 amide bonds. The van der Waals surface area contributed by atoms with E-state index < -0.39 is 6.04 Å². The number of aromatic amines is 1. The normalized spacial score (nSPS) is 20.8. The first-order valence-corrected chi connectivity index (χ1v) is 12.9. The molecule has 192 valence electrons. The maximum Gasteiger partial charge on any atom is 0.270 e. The van der Waals surface area contributed by atoms with Gasteiger partial charge in [0.1, 0.15) is 11.7 Å². The van der Waals surface area contributed by atoms with Crippen LogP contribution in [0.2, 0.25) is 0 Å². The maximum absolute atomic E-state index is 13.6. The molecule has 2 aromatic heterocycles. The van der Waals surface area contributed by atoms with E-state index in [4.69, 9.17) is 0 Å². The van der Waals surface area contributed by atoms with Crippen LogP contribution in [0.1, 0.15) is 74.9 Å². The molecule has 1 unspecified atom stereocenters. The molecule has 1 fully saturated rings. The molecule has 1 aromatic carbocycles. The Morgan fingerprint density at radius 1 is 1.03 bits per heavy atom. The van der Waals surface area contributed by atoms with Gasteiger partial charge >= 0.3 is 0 Å². The molecule has 3 N–H and O–H groups in total. The monoisotopic (exact) mass is 490 g/mol. The van der Waals surface area contributed by atoms with E-state index in [1.165, 1.54) is 0 Å². The van der Waals surface area contributed by atoms with Crippen LogP contribution >= 0.6 is 0 Å². The van der Waals surface area contributed by atoms with Crippen LogP contribution in [-0.2, 0) is 4.79 Å². The molecule has 0 bridgehead atoms. The number of amides is 2. The number of nitrogens with one attached hydrogen (secondary N) is 3. The Labute approximate surface area is 213 Å². The summed E-state index contributed by atoms with van der Waals surface area (Å²) in [5.74, 6) is 0.626. The van der Waals surface area contributed by atoms with E-state index in [1.807, 2.05) is 52.0 Å². The highest BCUT2D eigenvalue weighted by Crippen LogP contribution is 2.35. The van der Waals surface area contributed by atoms with Crippen LogP contribution < -0.4 is 10.6 Å². The van der Waals surface area contributed by atoms with Gasteiger partial charge < -0.3 is 10.6 Å². The van der Waals surface area contributed by atoms with Crippen molar-refractivity contribution in [2.45, 2.75) is 72.9 Å². The fraction of sp³-hybridized carbons (Fsp3) is 0.500. The van der Waals surface area contributed by atoms with Crippen molar-refractivity contribution >= 4 is 17.5 Å². The van der Waals surface area contributed by atoms with Gasteiger partial charge in [0.25, 0.3) is 5.91 Å². The van der Waals surface area contributed by atoms with Crippen LogP contribution in [0, 0.1) is 31.6 Å². The lowest BCUT2D eigenvalue weighted by atomic mass is 9.73. The van der Waals surface area contributed by atoms with E-state index in [-0.39, 0.29) is 23.8 Å². The average Bonchev–Trinajstić information content (AvgIpc) is 3.44. The molecule has 8 nitrogen and oxygen atoms in total. The van der Waals surface area contributed by atoms with E-state index in [9.17, 15) is 9.59 Å². The molecular weight excluding hydrogens is 452 g/mol. The van der Waals surface area contributed by atoms with Crippen molar-refractivity contribution in [2.24, 2.45) is 17.8 Å².